The summed E-state index contributed by atoms with van der Waals surface area (Å²) in [6, 6.07) is 17.7. The van der Waals surface area contributed by atoms with E-state index >= 15 is 0 Å². The summed E-state index contributed by atoms with van der Waals surface area (Å²) in [6.07, 6.45) is 0.287. The van der Waals surface area contributed by atoms with E-state index in [9.17, 15) is 4.79 Å². The molecule has 1 amide bonds. The van der Waals surface area contributed by atoms with Crippen molar-refractivity contribution in [3.05, 3.63) is 71.3 Å². The second-order valence-electron chi connectivity index (χ2n) is 6.66. The molecule has 0 aliphatic carbocycles. The van der Waals surface area contributed by atoms with E-state index in [1.165, 1.54) is 5.56 Å². The van der Waals surface area contributed by atoms with Crippen LogP contribution in [0.3, 0.4) is 0 Å². The van der Waals surface area contributed by atoms with Gasteiger partial charge in [-0.15, -0.1) is 0 Å². The minimum Gasteiger partial charge on any atom is -0.379 e. The number of ether oxygens (including phenoxy) is 1. The predicted molar refractivity (Wildman–Crippen MR) is 102 cm³/mol. The SMILES string of the molecule is NC(CC(=O)NCc1ccccc1CN1CCOCC1)c1ccccc1. The van der Waals surface area contributed by atoms with Gasteiger partial charge in [-0.05, 0) is 16.7 Å². The van der Waals surface area contributed by atoms with E-state index < -0.39 is 0 Å². The average Bonchev–Trinajstić information content (AvgIpc) is 2.69. The highest BCUT2D eigenvalue weighted by Gasteiger charge is 2.14. The molecule has 1 aliphatic rings. The summed E-state index contributed by atoms with van der Waals surface area (Å²) < 4.78 is 5.41. The van der Waals surface area contributed by atoms with Crippen LogP contribution in [-0.4, -0.2) is 37.1 Å². The largest absolute Gasteiger partial charge is 0.379 e. The van der Waals surface area contributed by atoms with E-state index in [1.54, 1.807) is 0 Å². The molecule has 1 aliphatic heterocycles. The quantitative estimate of drug-likeness (QED) is 0.801. The molecule has 3 rings (SSSR count). The van der Waals surface area contributed by atoms with Gasteiger partial charge in [-0.25, -0.2) is 0 Å². The number of nitrogens with one attached hydrogen (secondary N) is 1. The standard InChI is InChI=1S/C21H27N3O2/c22-20(17-6-2-1-3-7-17)14-21(25)23-15-18-8-4-5-9-19(18)16-24-10-12-26-13-11-24/h1-9,20H,10-16,22H2,(H,23,25). The number of carbonyl (C=O) groups is 1. The van der Waals surface area contributed by atoms with E-state index in [4.69, 9.17) is 10.5 Å². The second kappa shape index (κ2) is 9.48. The first-order chi connectivity index (χ1) is 12.7. The highest BCUT2D eigenvalue weighted by molar-refractivity contribution is 5.76. The molecule has 0 spiro atoms. The lowest BCUT2D eigenvalue weighted by atomic mass is 10.0. The topological polar surface area (TPSA) is 67.6 Å². The van der Waals surface area contributed by atoms with Gasteiger partial charge in [0, 0.05) is 38.6 Å². The smallest absolute Gasteiger partial charge is 0.222 e. The zero-order valence-corrected chi connectivity index (χ0v) is 15.1. The number of hydrogen-bond acceptors (Lipinski definition) is 4. The van der Waals surface area contributed by atoms with E-state index in [2.05, 4.69) is 22.3 Å². The van der Waals surface area contributed by atoms with Gasteiger partial charge in [-0.1, -0.05) is 54.6 Å². The molecular formula is C21H27N3O2. The second-order valence-corrected chi connectivity index (χ2v) is 6.66. The fraction of sp³-hybridized carbons (Fsp3) is 0.381. The Labute approximate surface area is 155 Å². The van der Waals surface area contributed by atoms with Crippen molar-refractivity contribution in [1.82, 2.24) is 10.2 Å². The van der Waals surface area contributed by atoms with Crippen LogP contribution in [0.25, 0.3) is 0 Å². The van der Waals surface area contributed by atoms with E-state index in [0.717, 1.165) is 44.0 Å². The Balaban J connectivity index is 1.53. The molecule has 0 saturated carbocycles. The molecule has 2 aromatic carbocycles. The molecule has 2 aromatic rings. The van der Waals surface area contributed by atoms with Crippen LogP contribution in [0, 0.1) is 0 Å². The Morgan fingerprint density at radius 1 is 1.04 bits per heavy atom. The van der Waals surface area contributed by atoms with Gasteiger partial charge in [0.25, 0.3) is 0 Å². The molecule has 1 atom stereocenters. The van der Waals surface area contributed by atoms with Crippen LogP contribution in [0.4, 0.5) is 0 Å². The molecule has 1 saturated heterocycles. The molecule has 1 unspecified atom stereocenters. The van der Waals surface area contributed by atoms with Crippen molar-refractivity contribution in [2.45, 2.75) is 25.6 Å². The van der Waals surface area contributed by atoms with E-state index in [1.807, 2.05) is 42.5 Å². The van der Waals surface area contributed by atoms with Gasteiger partial charge in [-0.2, -0.15) is 0 Å². The molecule has 5 nitrogen and oxygen atoms in total. The molecule has 1 fully saturated rings. The molecule has 3 N–H and O–H groups in total. The predicted octanol–water partition coefficient (Wildman–Crippen LogP) is 2.23. The van der Waals surface area contributed by atoms with Gasteiger partial charge < -0.3 is 15.8 Å². The third kappa shape index (κ3) is 5.39. The van der Waals surface area contributed by atoms with Crippen LogP contribution in [0.15, 0.2) is 54.6 Å². The molecule has 138 valence electrons. The summed E-state index contributed by atoms with van der Waals surface area (Å²) in [6.45, 7) is 4.89. The first kappa shape index (κ1) is 18.6. The fourth-order valence-electron chi connectivity index (χ4n) is 3.17. The van der Waals surface area contributed by atoms with Gasteiger partial charge in [-0.3, -0.25) is 9.69 Å². The molecule has 5 heteroatoms. The lowest BCUT2D eigenvalue weighted by molar-refractivity contribution is -0.121. The Morgan fingerprint density at radius 2 is 1.69 bits per heavy atom. The normalized spacial score (nSPS) is 16.2. The summed E-state index contributed by atoms with van der Waals surface area (Å²) in [5, 5.41) is 3.02. The number of nitrogens with two attached hydrogens (primary N) is 1. The maximum Gasteiger partial charge on any atom is 0.222 e. The van der Waals surface area contributed by atoms with Crippen LogP contribution in [0.1, 0.15) is 29.2 Å². The van der Waals surface area contributed by atoms with Crippen LogP contribution in [0.2, 0.25) is 0 Å². The van der Waals surface area contributed by atoms with Gasteiger partial charge in [0.15, 0.2) is 0 Å². The van der Waals surface area contributed by atoms with Crippen molar-refractivity contribution >= 4 is 5.91 Å². The number of hydrogen-bond donors (Lipinski definition) is 2. The van der Waals surface area contributed by atoms with Crippen LogP contribution in [-0.2, 0) is 22.6 Å². The minimum absolute atomic E-state index is 0.0254. The molecule has 26 heavy (non-hydrogen) atoms. The molecule has 0 bridgehead atoms. The summed E-state index contributed by atoms with van der Waals surface area (Å²) >= 11 is 0. The summed E-state index contributed by atoms with van der Waals surface area (Å²) in [4.78, 5) is 14.7. The van der Waals surface area contributed by atoms with E-state index in [0.29, 0.717) is 6.54 Å². The van der Waals surface area contributed by atoms with Gasteiger partial charge in [0.1, 0.15) is 0 Å². The first-order valence-corrected chi connectivity index (χ1v) is 9.16. The Bertz CT molecular complexity index is 699. The Kier molecular flexibility index (Phi) is 6.77. The average molecular weight is 353 g/mol. The van der Waals surface area contributed by atoms with Gasteiger partial charge in [0.05, 0.1) is 13.2 Å². The lowest BCUT2D eigenvalue weighted by Gasteiger charge is -2.27. The molecular weight excluding hydrogens is 326 g/mol. The van der Waals surface area contributed by atoms with Crippen LogP contribution in [0.5, 0.6) is 0 Å². The number of amides is 1. The lowest BCUT2D eigenvalue weighted by Crippen LogP contribution is -2.36. The number of rotatable bonds is 7. The van der Waals surface area contributed by atoms with E-state index in [-0.39, 0.29) is 18.4 Å². The summed E-state index contributed by atoms with van der Waals surface area (Å²) in [5.41, 5.74) is 9.53. The summed E-state index contributed by atoms with van der Waals surface area (Å²) in [5.74, 6) is -0.0254. The summed E-state index contributed by atoms with van der Waals surface area (Å²) in [7, 11) is 0. The molecule has 0 radical (unpaired) electrons. The third-order valence-electron chi connectivity index (χ3n) is 4.73. The number of nitrogens with zero attached hydrogens (tertiary/aromatic N) is 1. The number of benzene rings is 2. The van der Waals surface area contributed by atoms with Gasteiger partial charge in [0.2, 0.25) is 5.91 Å². The van der Waals surface area contributed by atoms with Crippen LogP contribution < -0.4 is 11.1 Å². The van der Waals surface area contributed by atoms with Crippen molar-refractivity contribution in [1.29, 1.82) is 0 Å². The first-order valence-electron chi connectivity index (χ1n) is 9.16. The number of carbonyl (C=O) groups excluding carboxylic acids is 1. The zero-order valence-electron chi connectivity index (χ0n) is 15.1. The number of morpholine rings is 1. The highest BCUT2D eigenvalue weighted by atomic mass is 16.5. The maximum atomic E-state index is 12.3. The fourth-order valence-corrected chi connectivity index (χ4v) is 3.17. The zero-order chi connectivity index (χ0) is 18.2. The monoisotopic (exact) mass is 353 g/mol. The molecule has 0 aromatic heterocycles. The molecule has 1 heterocycles. The van der Waals surface area contributed by atoms with Gasteiger partial charge >= 0.3 is 0 Å². The van der Waals surface area contributed by atoms with Crippen LogP contribution >= 0.6 is 0 Å². The van der Waals surface area contributed by atoms with Crippen molar-refractivity contribution < 1.29 is 9.53 Å². The Morgan fingerprint density at radius 3 is 2.42 bits per heavy atom. The minimum atomic E-state index is -0.278. The third-order valence-corrected chi connectivity index (χ3v) is 4.73. The maximum absolute atomic E-state index is 12.3. The van der Waals surface area contributed by atoms with Crippen molar-refractivity contribution in [2.24, 2.45) is 5.73 Å². The van der Waals surface area contributed by atoms with Crippen molar-refractivity contribution in [3.8, 4) is 0 Å². The highest BCUT2D eigenvalue weighted by Crippen LogP contribution is 2.15. The Hall–Kier alpha value is -2.21. The van der Waals surface area contributed by atoms with Crippen molar-refractivity contribution in [2.75, 3.05) is 26.3 Å². The van der Waals surface area contributed by atoms with Crippen molar-refractivity contribution in [3.63, 3.8) is 0 Å².